The van der Waals surface area contributed by atoms with E-state index in [1.165, 1.54) is 5.56 Å². The van der Waals surface area contributed by atoms with Crippen LogP contribution in [0, 0.1) is 0 Å². The Morgan fingerprint density at radius 1 is 1.35 bits per heavy atom. The van der Waals surface area contributed by atoms with Gasteiger partial charge in [0, 0.05) is 24.5 Å². The molecule has 0 radical (unpaired) electrons. The van der Waals surface area contributed by atoms with Gasteiger partial charge in [-0.25, -0.2) is 4.79 Å². The van der Waals surface area contributed by atoms with Crippen molar-refractivity contribution < 1.29 is 9.59 Å². The van der Waals surface area contributed by atoms with Gasteiger partial charge in [-0.05, 0) is 18.4 Å². The van der Waals surface area contributed by atoms with E-state index in [1.807, 2.05) is 18.2 Å². The molecular formula is C18H27N3O2. The van der Waals surface area contributed by atoms with Crippen molar-refractivity contribution in [1.82, 2.24) is 15.5 Å². The summed E-state index contributed by atoms with van der Waals surface area (Å²) < 4.78 is 0. The molecule has 2 rings (SSSR count). The van der Waals surface area contributed by atoms with Gasteiger partial charge in [-0.3, -0.25) is 4.79 Å². The molecule has 0 saturated carbocycles. The number of nitrogens with zero attached hydrogens (tertiary/aromatic N) is 1. The van der Waals surface area contributed by atoms with E-state index in [1.54, 1.807) is 4.90 Å². The Morgan fingerprint density at radius 3 is 2.65 bits per heavy atom. The molecule has 0 spiro atoms. The summed E-state index contributed by atoms with van der Waals surface area (Å²) in [5.74, 6) is -0.0992. The molecule has 0 bridgehead atoms. The first-order valence-electron chi connectivity index (χ1n) is 8.32. The van der Waals surface area contributed by atoms with Crippen LogP contribution in [0.25, 0.3) is 0 Å². The quantitative estimate of drug-likeness (QED) is 0.845. The van der Waals surface area contributed by atoms with E-state index in [0.717, 1.165) is 12.8 Å². The fourth-order valence-electron chi connectivity index (χ4n) is 3.10. The van der Waals surface area contributed by atoms with E-state index in [4.69, 9.17) is 0 Å². The number of urea groups is 1. The van der Waals surface area contributed by atoms with Crippen LogP contribution >= 0.6 is 0 Å². The summed E-state index contributed by atoms with van der Waals surface area (Å²) in [6, 6.07) is 10.1. The van der Waals surface area contributed by atoms with Crippen molar-refractivity contribution in [2.24, 2.45) is 0 Å². The number of rotatable bonds is 6. The summed E-state index contributed by atoms with van der Waals surface area (Å²) in [5, 5.41) is 5.88. The first-order chi connectivity index (χ1) is 10.9. The SMILES string of the molecule is CCC(NC(=O)CN1CCCNC1=O)C(C)(C)c1ccccc1. The summed E-state index contributed by atoms with van der Waals surface area (Å²) in [4.78, 5) is 25.7. The maximum atomic E-state index is 12.4. The van der Waals surface area contributed by atoms with Crippen LogP contribution in [0.15, 0.2) is 30.3 Å². The third-order valence-corrected chi connectivity index (χ3v) is 4.64. The van der Waals surface area contributed by atoms with E-state index >= 15 is 0 Å². The molecule has 5 nitrogen and oxygen atoms in total. The number of hydrogen-bond acceptors (Lipinski definition) is 2. The maximum absolute atomic E-state index is 12.4. The molecule has 1 fully saturated rings. The van der Waals surface area contributed by atoms with Gasteiger partial charge in [-0.1, -0.05) is 51.1 Å². The second-order valence-electron chi connectivity index (χ2n) is 6.62. The van der Waals surface area contributed by atoms with Crippen LogP contribution in [0.3, 0.4) is 0 Å². The fourth-order valence-corrected chi connectivity index (χ4v) is 3.10. The lowest BCUT2D eigenvalue weighted by Crippen LogP contribution is -2.53. The van der Waals surface area contributed by atoms with E-state index in [2.05, 4.69) is 43.5 Å². The van der Waals surface area contributed by atoms with Crippen molar-refractivity contribution in [2.45, 2.75) is 45.1 Å². The molecule has 1 aromatic carbocycles. The van der Waals surface area contributed by atoms with Gasteiger partial charge >= 0.3 is 6.03 Å². The normalized spacial score (nSPS) is 16.7. The molecule has 23 heavy (non-hydrogen) atoms. The molecule has 0 aliphatic carbocycles. The Labute approximate surface area is 138 Å². The van der Waals surface area contributed by atoms with Gasteiger partial charge in [0.25, 0.3) is 0 Å². The zero-order valence-corrected chi connectivity index (χ0v) is 14.3. The monoisotopic (exact) mass is 317 g/mol. The van der Waals surface area contributed by atoms with Crippen LogP contribution in [0.1, 0.15) is 39.2 Å². The van der Waals surface area contributed by atoms with E-state index < -0.39 is 0 Å². The molecule has 3 amide bonds. The van der Waals surface area contributed by atoms with Gasteiger partial charge in [0.2, 0.25) is 5.91 Å². The zero-order chi connectivity index (χ0) is 16.9. The lowest BCUT2D eigenvalue weighted by atomic mass is 9.76. The summed E-state index contributed by atoms with van der Waals surface area (Å²) in [7, 11) is 0. The Bertz CT molecular complexity index is 542. The summed E-state index contributed by atoms with van der Waals surface area (Å²) >= 11 is 0. The minimum Gasteiger partial charge on any atom is -0.351 e. The minimum atomic E-state index is -0.171. The first kappa shape index (κ1) is 17.3. The van der Waals surface area contributed by atoms with E-state index in [9.17, 15) is 9.59 Å². The molecule has 126 valence electrons. The van der Waals surface area contributed by atoms with Crippen molar-refractivity contribution in [2.75, 3.05) is 19.6 Å². The number of nitrogens with one attached hydrogen (secondary N) is 2. The molecule has 1 unspecified atom stereocenters. The third-order valence-electron chi connectivity index (χ3n) is 4.64. The molecule has 0 aromatic heterocycles. The highest BCUT2D eigenvalue weighted by Crippen LogP contribution is 2.28. The number of benzene rings is 1. The van der Waals surface area contributed by atoms with Gasteiger partial charge in [0.1, 0.15) is 6.54 Å². The molecule has 1 heterocycles. The molecule has 1 saturated heterocycles. The Hall–Kier alpha value is -2.04. The van der Waals surface area contributed by atoms with Crippen LogP contribution in [0.5, 0.6) is 0 Å². The second kappa shape index (κ2) is 7.49. The number of hydrogen-bond donors (Lipinski definition) is 2. The predicted octanol–water partition coefficient (Wildman–Crippen LogP) is 2.27. The van der Waals surface area contributed by atoms with Crippen LogP contribution in [0.4, 0.5) is 4.79 Å². The van der Waals surface area contributed by atoms with E-state index in [-0.39, 0.29) is 29.9 Å². The van der Waals surface area contributed by atoms with Crippen molar-refractivity contribution >= 4 is 11.9 Å². The van der Waals surface area contributed by atoms with Crippen LogP contribution in [0.2, 0.25) is 0 Å². The summed E-state index contributed by atoms with van der Waals surface area (Å²) in [5.41, 5.74) is 1.03. The number of carbonyl (C=O) groups excluding carboxylic acids is 2. The lowest BCUT2D eigenvalue weighted by Gasteiger charge is -2.36. The number of carbonyl (C=O) groups is 2. The predicted molar refractivity (Wildman–Crippen MR) is 91.3 cm³/mol. The lowest BCUT2D eigenvalue weighted by molar-refractivity contribution is -0.123. The van der Waals surface area contributed by atoms with Crippen molar-refractivity contribution in [3.8, 4) is 0 Å². The maximum Gasteiger partial charge on any atom is 0.317 e. The molecule has 5 heteroatoms. The summed E-state index contributed by atoms with van der Waals surface area (Å²) in [6.45, 7) is 7.80. The van der Waals surface area contributed by atoms with Gasteiger partial charge in [-0.15, -0.1) is 0 Å². The smallest absolute Gasteiger partial charge is 0.317 e. The highest BCUT2D eigenvalue weighted by atomic mass is 16.2. The third kappa shape index (κ3) is 4.24. The van der Waals surface area contributed by atoms with Gasteiger partial charge in [0.15, 0.2) is 0 Å². The summed E-state index contributed by atoms with van der Waals surface area (Å²) in [6.07, 6.45) is 1.71. The second-order valence-corrected chi connectivity index (χ2v) is 6.62. The Balaban J connectivity index is 2.01. The van der Waals surface area contributed by atoms with Gasteiger partial charge < -0.3 is 15.5 Å². The largest absolute Gasteiger partial charge is 0.351 e. The Kier molecular flexibility index (Phi) is 5.64. The fraction of sp³-hybridized carbons (Fsp3) is 0.556. The molecular weight excluding hydrogens is 290 g/mol. The van der Waals surface area contributed by atoms with Crippen LogP contribution in [-0.4, -0.2) is 42.5 Å². The minimum absolute atomic E-state index is 0.0188. The molecule has 1 atom stereocenters. The van der Waals surface area contributed by atoms with E-state index in [0.29, 0.717) is 13.1 Å². The van der Waals surface area contributed by atoms with Crippen molar-refractivity contribution in [1.29, 1.82) is 0 Å². The number of amides is 3. The average Bonchev–Trinajstić information content (AvgIpc) is 2.55. The highest BCUT2D eigenvalue weighted by molar-refractivity contribution is 5.84. The van der Waals surface area contributed by atoms with Crippen molar-refractivity contribution in [3.05, 3.63) is 35.9 Å². The van der Waals surface area contributed by atoms with Gasteiger partial charge in [0.05, 0.1) is 0 Å². The first-order valence-corrected chi connectivity index (χ1v) is 8.32. The van der Waals surface area contributed by atoms with Crippen LogP contribution < -0.4 is 10.6 Å². The molecule has 1 aromatic rings. The van der Waals surface area contributed by atoms with Crippen molar-refractivity contribution in [3.63, 3.8) is 0 Å². The highest BCUT2D eigenvalue weighted by Gasteiger charge is 2.31. The average molecular weight is 317 g/mol. The standard InChI is InChI=1S/C18H27N3O2/c1-4-15(18(2,3)14-9-6-5-7-10-14)20-16(22)13-21-12-8-11-19-17(21)23/h5-7,9-10,15H,4,8,11-13H2,1-3H3,(H,19,23)(H,20,22). The Morgan fingerprint density at radius 2 is 2.04 bits per heavy atom. The topological polar surface area (TPSA) is 61.4 Å². The molecule has 2 N–H and O–H groups in total. The molecule has 1 aliphatic heterocycles. The molecule has 1 aliphatic rings. The van der Waals surface area contributed by atoms with Gasteiger partial charge in [-0.2, -0.15) is 0 Å². The zero-order valence-electron chi connectivity index (χ0n) is 14.3. The van der Waals surface area contributed by atoms with Crippen LogP contribution in [-0.2, 0) is 10.2 Å².